The van der Waals surface area contributed by atoms with Gasteiger partial charge in [-0.3, -0.25) is 4.79 Å². The van der Waals surface area contributed by atoms with E-state index in [4.69, 9.17) is 5.11 Å². The summed E-state index contributed by atoms with van der Waals surface area (Å²) in [5, 5.41) is 10.2. The number of alkyl halides is 2. The molecule has 0 heterocycles. The van der Waals surface area contributed by atoms with Crippen molar-refractivity contribution in [1.29, 1.82) is 0 Å². The monoisotopic (exact) mass is 195 g/mol. The fourth-order valence-electron chi connectivity index (χ4n) is 0.743. The molecule has 76 valence electrons. The lowest BCUT2D eigenvalue weighted by atomic mass is 10.1. The molecule has 0 aliphatic heterocycles. The number of rotatable bonds is 6. The number of hydrogen-bond acceptors (Lipinski definition) is 2. The number of halogens is 2. The first-order valence-corrected chi connectivity index (χ1v) is 3.73. The van der Waals surface area contributed by atoms with Crippen LogP contribution in [0.3, 0.4) is 0 Å². The van der Waals surface area contributed by atoms with E-state index < -0.39 is 30.8 Å². The van der Waals surface area contributed by atoms with E-state index in [1.54, 1.807) is 0 Å². The summed E-state index contributed by atoms with van der Waals surface area (Å²) < 4.78 is 25.3. The molecule has 1 amide bonds. The van der Waals surface area contributed by atoms with E-state index in [0.29, 0.717) is 0 Å². The summed E-state index contributed by atoms with van der Waals surface area (Å²) in [5.74, 6) is -4.51. The van der Waals surface area contributed by atoms with Crippen LogP contribution in [0, 0.1) is 0 Å². The second kappa shape index (κ2) is 4.74. The number of carbonyl (C=O) groups excluding carboxylic acids is 1. The highest BCUT2D eigenvalue weighted by molar-refractivity contribution is 5.76. The standard InChI is InChI=1S/C7H11F2NO3/c1-2-7(8,9)3-5(6(12)13)10-4-11/h4-5H,2-3H2,1H3,(H,10,11)(H,12,13). The highest BCUT2D eigenvalue weighted by atomic mass is 19.3. The fraction of sp³-hybridized carbons (Fsp3) is 0.714. The highest BCUT2D eigenvalue weighted by Crippen LogP contribution is 2.23. The lowest BCUT2D eigenvalue weighted by molar-refractivity contribution is -0.143. The Labute approximate surface area is 73.9 Å². The molecule has 0 radical (unpaired) electrons. The third kappa shape index (κ3) is 4.39. The Bertz CT molecular complexity index is 196. The van der Waals surface area contributed by atoms with Gasteiger partial charge in [0.2, 0.25) is 12.3 Å². The highest BCUT2D eigenvalue weighted by Gasteiger charge is 2.33. The number of nitrogens with one attached hydrogen (secondary N) is 1. The van der Waals surface area contributed by atoms with E-state index in [9.17, 15) is 18.4 Å². The Balaban J connectivity index is 4.24. The molecule has 0 aromatic rings. The molecule has 0 saturated heterocycles. The number of carboxylic acid groups (broad SMARTS) is 1. The van der Waals surface area contributed by atoms with Gasteiger partial charge in [0, 0.05) is 12.8 Å². The Morgan fingerprint density at radius 2 is 2.23 bits per heavy atom. The minimum atomic E-state index is -3.06. The Kier molecular flexibility index (Phi) is 4.30. The molecule has 13 heavy (non-hydrogen) atoms. The first kappa shape index (κ1) is 11.8. The van der Waals surface area contributed by atoms with Gasteiger partial charge in [-0.1, -0.05) is 6.92 Å². The predicted octanol–water partition coefficient (Wildman–Crippen LogP) is 0.621. The lowest BCUT2D eigenvalue weighted by Gasteiger charge is -2.18. The third-order valence-electron chi connectivity index (χ3n) is 1.59. The van der Waals surface area contributed by atoms with E-state index in [0.717, 1.165) is 0 Å². The topological polar surface area (TPSA) is 66.4 Å². The molecule has 6 heteroatoms. The third-order valence-corrected chi connectivity index (χ3v) is 1.59. The molecule has 0 saturated carbocycles. The van der Waals surface area contributed by atoms with Crippen LogP contribution >= 0.6 is 0 Å². The zero-order valence-electron chi connectivity index (χ0n) is 7.09. The molecule has 0 fully saturated rings. The van der Waals surface area contributed by atoms with E-state index in [1.165, 1.54) is 6.92 Å². The van der Waals surface area contributed by atoms with Gasteiger partial charge in [-0.05, 0) is 0 Å². The molecule has 1 unspecified atom stereocenters. The summed E-state index contributed by atoms with van der Waals surface area (Å²) >= 11 is 0. The summed E-state index contributed by atoms with van der Waals surface area (Å²) in [7, 11) is 0. The smallest absolute Gasteiger partial charge is 0.326 e. The molecule has 0 spiro atoms. The van der Waals surface area contributed by atoms with Gasteiger partial charge in [-0.2, -0.15) is 0 Å². The Hall–Kier alpha value is -1.20. The second-order valence-electron chi connectivity index (χ2n) is 2.59. The van der Waals surface area contributed by atoms with Crippen LogP contribution in [-0.2, 0) is 9.59 Å². The first-order valence-electron chi connectivity index (χ1n) is 3.73. The van der Waals surface area contributed by atoms with Crippen LogP contribution in [0.5, 0.6) is 0 Å². The predicted molar refractivity (Wildman–Crippen MR) is 40.5 cm³/mol. The van der Waals surface area contributed by atoms with Crippen LogP contribution in [-0.4, -0.2) is 29.5 Å². The van der Waals surface area contributed by atoms with Gasteiger partial charge >= 0.3 is 5.97 Å². The van der Waals surface area contributed by atoms with Crippen molar-refractivity contribution >= 4 is 12.4 Å². The van der Waals surface area contributed by atoms with Gasteiger partial charge in [-0.15, -0.1) is 0 Å². The van der Waals surface area contributed by atoms with Crippen LogP contribution in [0.2, 0.25) is 0 Å². The average molecular weight is 195 g/mol. The summed E-state index contributed by atoms with van der Waals surface area (Å²) in [6, 6.07) is -1.52. The molecular weight excluding hydrogens is 184 g/mol. The van der Waals surface area contributed by atoms with Gasteiger partial charge in [0.25, 0.3) is 0 Å². The number of carbonyl (C=O) groups is 2. The van der Waals surface area contributed by atoms with Crippen molar-refractivity contribution in [2.24, 2.45) is 0 Å². The van der Waals surface area contributed by atoms with Gasteiger partial charge < -0.3 is 10.4 Å². The summed E-state index contributed by atoms with van der Waals surface area (Å²) in [6.45, 7) is 1.25. The number of aliphatic carboxylic acids is 1. The minimum absolute atomic E-state index is 0.102. The maximum atomic E-state index is 12.7. The molecule has 0 aliphatic rings. The molecule has 0 aromatic carbocycles. The maximum absolute atomic E-state index is 12.7. The first-order chi connectivity index (χ1) is 5.93. The summed E-state index contributed by atoms with van der Waals surface area (Å²) in [5.41, 5.74) is 0. The van der Waals surface area contributed by atoms with Crippen molar-refractivity contribution in [2.75, 3.05) is 0 Å². The summed E-state index contributed by atoms with van der Waals surface area (Å²) in [6.07, 6.45) is -1.22. The van der Waals surface area contributed by atoms with Crippen LogP contribution in [0.4, 0.5) is 8.78 Å². The summed E-state index contributed by atoms with van der Waals surface area (Å²) in [4.78, 5) is 20.2. The maximum Gasteiger partial charge on any atom is 0.326 e. The zero-order chi connectivity index (χ0) is 10.5. The molecule has 0 rings (SSSR count). The van der Waals surface area contributed by atoms with Crippen LogP contribution in [0.15, 0.2) is 0 Å². The largest absolute Gasteiger partial charge is 0.480 e. The Morgan fingerprint density at radius 3 is 2.54 bits per heavy atom. The quantitative estimate of drug-likeness (QED) is 0.610. The molecule has 4 nitrogen and oxygen atoms in total. The van der Waals surface area contributed by atoms with Crippen LogP contribution in [0.1, 0.15) is 19.8 Å². The number of amides is 1. The lowest BCUT2D eigenvalue weighted by Crippen LogP contribution is -2.40. The SMILES string of the molecule is CCC(F)(F)CC(NC=O)C(=O)O. The average Bonchev–Trinajstić information content (AvgIpc) is 2.03. The molecule has 0 aliphatic carbocycles. The Morgan fingerprint density at radius 1 is 1.69 bits per heavy atom. The van der Waals surface area contributed by atoms with E-state index in [2.05, 4.69) is 0 Å². The van der Waals surface area contributed by atoms with Crippen molar-refractivity contribution in [3.63, 3.8) is 0 Å². The van der Waals surface area contributed by atoms with Gasteiger partial charge in [0.05, 0.1) is 0 Å². The normalized spacial score (nSPS) is 13.5. The number of carboxylic acids is 1. The van der Waals surface area contributed by atoms with Crippen LogP contribution in [0.25, 0.3) is 0 Å². The van der Waals surface area contributed by atoms with E-state index in [-0.39, 0.29) is 6.41 Å². The van der Waals surface area contributed by atoms with Crippen molar-refractivity contribution in [3.8, 4) is 0 Å². The van der Waals surface area contributed by atoms with Crippen molar-refractivity contribution < 1.29 is 23.5 Å². The molecule has 2 N–H and O–H groups in total. The van der Waals surface area contributed by atoms with Gasteiger partial charge in [0.1, 0.15) is 6.04 Å². The van der Waals surface area contributed by atoms with Crippen molar-refractivity contribution in [3.05, 3.63) is 0 Å². The van der Waals surface area contributed by atoms with Crippen LogP contribution < -0.4 is 5.32 Å². The second-order valence-corrected chi connectivity index (χ2v) is 2.59. The van der Waals surface area contributed by atoms with Gasteiger partial charge in [-0.25, -0.2) is 13.6 Å². The molecule has 0 bridgehead atoms. The minimum Gasteiger partial charge on any atom is -0.480 e. The van der Waals surface area contributed by atoms with Crippen molar-refractivity contribution in [2.45, 2.75) is 31.7 Å². The van der Waals surface area contributed by atoms with Crippen molar-refractivity contribution in [1.82, 2.24) is 5.32 Å². The van der Waals surface area contributed by atoms with E-state index >= 15 is 0 Å². The fourth-order valence-corrected chi connectivity index (χ4v) is 0.743. The number of hydrogen-bond donors (Lipinski definition) is 2. The zero-order valence-corrected chi connectivity index (χ0v) is 7.09. The van der Waals surface area contributed by atoms with Gasteiger partial charge in [0.15, 0.2) is 0 Å². The molecule has 1 atom stereocenters. The molecular formula is C7H11F2NO3. The van der Waals surface area contributed by atoms with E-state index in [1.807, 2.05) is 5.32 Å². The molecule has 0 aromatic heterocycles.